The van der Waals surface area contributed by atoms with Gasteiger partial charge in [0.15, 0.2) is 0 Å². The van der Waals surface area contributed by atoms with Gasteiger partial charge in [0.2, 0.25) is 0 Å². The molecule has 1 saturated carbocycles. The number of hydrogen-bond donors (Lipinski definition) is 0. The van der Waals surface area contributed by atoms with Gasteiger partial charge in [0, 0.05) is 24.0 Å². The first-order valence-electron chi connectivity index (χ1n) is 19.3. The molecule has 0 N–H and O–H groups in total. The molecule has 4 heteroatoms. The van der Waals surface area contributed by atoms with E-state index >= 15 is 0 Å². The van der Waals surface area contributed by atoms with Crippen LogP contribution in [0.1, 0.15) is 133 Å². The van der Waals surface area contributed by atoms with Gasteiger partial charge in [-0.2, -0.15) is 0 Å². The molecule has 3 aliphatic rings. The average molecular weight is 646 g/mol. The fourth-order valence-corrected chi connectivity index (χ4v) is 10.6. The minimum Gasteiger partial charge on any atom is -0.306 e. The number of piperidine rings is 1. The second-order valence-electron chi connectivity index (χ2n) is 17.3. The predicted molar refractivity (Wildman–Crippen MR) is 206 cm³/mol. The first kappa shape index (κ1) is 41.0. The van der Waals surface area contributed by atoms with Crippen molar-refractivity contribution in [1.29, 1.82) is 0 Å². The van der Waals surface area contributed by atoms with Crippen LogP contribution in [0, 0.1) is 40.4 Å². The van der Waals surface area contributed by atoms with Crippen molar-refractivity contribution < 1.29 is 0 Å². The summed E-state index contributed by atoms with van der Waals surface area (Å²) in [4.78, 5) is 7.95. The summed E-state index contributed by atoms with van der Waals surface area (Å²) in [6.07, 6.45) is 14.4. The van der Waals surface area contributed by atoms with Gasteiger partial charge < -0.3 is 14.7 Å². The molecular weight excluding hydrogens is 565 g/mol. The van der Waals surface area contributed by atoms with E-state index < -0.39 is 0 Å². The molecule has 0 aromatic heterocycles. The summed E-state index contributed by atoms with van der Waals surface area (Å²) in [7, 11) is 10.3. The Hall–Kier alpha value is -0.210. The van der Waals surface area contributed by atoms with Crippen molar-refractivity contribution in [1.82, 2.24) is 14.7 Å². The molecule has 9 atom stereocenters. The lowest BCUT2D eigenvalue weighted by atomic mass is 9.59. The molecule has 45 heavy (non-hydrogen) atoms. The summed E-state index contributed by atoms with van der Waals surface area (Å²) in [5.74, 6) is 3.30. The third-order valence-corrected chi connectivity index (χ3v) is 13.7. The average Bonchev–Trinajstić information content (AvgIpc) is 2.98. The van der Waals surface area contributed by atoms with Gasteiger partial charge in [-0.1, -0.05) is 93.0 Å². The second-order valence-corrected chi connectivity index (χ2v) is 18.1. The smallest absolute Gasteiger partial charge is 0.0157 e. The summed E-state index contributed by atoms with van der Waals surface area (Å²) in [6.45, 7) is 36.4. The van der Waals surface area contributed by atoms with Gasteiger partial charge in [0.25, 0.3) is 0 Å². The minimum atomic E-state index is -0.0449. The molecule has 0 amide bonds. The fourth-order valence-electron chi connectivity index (χ4n) is 9.75. The van der Waals surface area contributed by atoms with Gasteiger partial charge in [-0.05, 0) is 146 Å². The first-order chi connectivity index (χ1) is 21.0. The molecule has 1 aliphatic carbocycles. The fraction of sp³-hybridized carbons (Fsp3) is 0.902. The van der Waals surface area contributed by atoms with Crippen molar-refractivity contribution in [3.8, 4) is 0 Å². The van der Waals surface area contributed by atoms with Crippen LogP contribution in [0.3, 0.4) is 0 Å². The summed E-state index contributed by atoms with van der Waals surface area (Å²) in [5.41, 5.74) is 3.67. The van der Waals surface area contributed by atoms with Crippen LogP contribution in [0.5, 0.6) is 0 Å². The Morgan fingerprint density at radius 3 is 2.16 bits per heavy atom. The minimum absolute atomic E-state index is 0.0449. The standard InChI is InChI=1S/C39H74N3P.C2H6/c1-28-23-33(37(43)36(24-28)40(10)11)25-35-31(4)32(5)39(8,9)30(3)18-19-34(17-16-22-42-20-14-13-15-21-42)41(12)27-29(2)26-38(35,6)7;1-2/h28-29,31,33-37H,3,5,13-27,43H2,1-2,4,6-12H3;1-2H3. The summed E-state index contributed by atoms with van der Waals surface area (Å²) in [5, 5.41) is 0. The lowest BCUT2D eigenvalue weighted by Crippen LogP contribution is -2.47. The molecule has 0 radical (unpaired) electrons. The Kier molecular flexibility index (Phi) is 16.9. The first-order valence-corrected chi connectivity index (χ1v) is 19.9. The lowest BCUT2D eigenvalue weighted by molar-refractivity contribution is 0.0626. The van der Waals surface area contributed by atoms with Crippen molar-refractivity contribution in [2.24, 2.45) is 40.4 Å². The molecule has 2 aliphatic heterocycles. The van der Waals surface area contributed by atoms with Crippen molar-refractivity contribution in [3.05, 3.63) is 24.3 Å². The van der Waals surface area contributed by atoms with E-state index in [1.54, 1.807) is 0 Å². The molecule has 0 spiro atoms. The predicted octanol–water partition coefficient (Wildman–Crippen LogP) is 10.4. The number of allylic oxidation sites excluding steroid dienone is 2. The van der Waals surface area contributed by atoms with Crippen LogP contribution in [0.15, 0.2) is 24.3 Å². The van der Waals surface area contributed by atoms with Crippen LogP contribution in [-0.4, -0.2) is 79.8 Å². The van der Waals surface area contributed by atoms with E-state index in [0.717, 1.165) is 18.3 Å². The van der Waals surface area contributed by atoms with Crippen molar-refractivity contribution in [2.45, 2.75) is 151 Å². The van der Waals surface area contributed by atoms with Crippen LogP contribution in [0.4, 0.5) is 0 Å². The van der Waals surface area contributed by atoms with E-state index in [4.69, 9.17) is 13.2 Å². The Labute approximate surface area is 286 Å². The van der Waals surface area contributed by atoms with Crippen LogP contribution >= 0.6 is 9.24 Å². The zero-order chi connectivity index (χ0) is 34.1. The maximum Gasteiger partial charge on any atom is 0.0157 e. The molecule has 0 aromatic rings. The molecule has 2 heterocycles. The molecule has 9 unspecified atom stereocenters. The van der Waals surface area contributed by atoms with Crippen LogP contribution in [0.2, 0.25) is 0 Å². The Balaban J connectivity index is 0.00000345. The molecular formula is C41H80N3P. The summed E-state index contributed by atoms with van der Waals surface area (Å²) in [6, 6.07) is 1.29. The zero-order valence-corrected chi connectivity index (χ0v) is 33.7. The number of hydrogen-bond acceptors (Lipinski definition) is 3. The van der Waals surface area contributed by atoms with Gasteiger partial charge in [-0.15, -0.1) is 9.24 Å². The number of rotatable bonds is 7. The Morgan fingerprint density at radius 1 is 0.933 bits per heavy atom. The molecule has 3 nitrogen and oxygen atoms in total. The van der Waals surface area contributed by atoms with Crippen LogP contribution in [0.25, 0.3) is 0 Å². The highest BCUT2D eigenvalue weighted by Gasteiger charge is 2.44. The van der Waals surface area contributed by atoms with Crippen LogP contribution < -0.4 is 0 Å². The van der Waals surface area contributed by atoms with Gasteiger partial charge in [0.1, 0.15) is 0 Å². The molecule has 264 valence electrons. The second kappa shape index (κ2) is 18.5. The van der Waals surface area contributed by atoms with E-state index in [9.17, 15) is 0 Å². The van der Waals surface area contributed by atoms with E-state index in [2.05, 4.69) is 93.5 Å². The summed E-state index contributed by atoms with van der Waals surface area (Å²) >= 11 is 0. The molecule has 2 saturated heterocycles. The summed E-state index contributed by atoms with van der Waals surface area (Å²) < 4.78 is 0. The number of nitrogens with zero attached hydrogens (tertiary/aromatic N) is 3. The van der Waals surface area contributed by atoms with E-state index in [1.807, 2.05) is 13.8 Å². The third kappa shape index (κ3) is 11.4. The van der Waals surface area contributed by atoms with Gasteiger partial charge in [-0.3, -0.25) is 0 Å². The van der Waals surface area contributed by atoms with Gasteiger partial charge in [-0.25, -0.2) is 0 Å². The van der Waals surface area contributed by atoms with Crippen molar-refractivity contribution >= 4 is 9.24 Å². The van der Waals surface area contributed by atoms with Crippen molar-refractivity contribution in [3.63, 3.8) is 0 Å². The molecule has 0 aromatic carbocycles. The van der Waals surface area contributed by atoms with Crippen LogP contribution in [-0.2, 0) is 0 Å². The number of likely N-dealkylation sites (tertiary alicyclic amines) is 1. The van der Waals surface area contributed by atoms with Crippen molar-refractivity contribution in [2.75, 3.05) is 47.3 Å². The highest BCUT2D eigenvalue weighted by molar-refractivity contribution is 7.17. The molecule has 3 rings (SSSR count). The zero-order valence-electron chi connectivity index (χ0n) is 32.6. The molecule has 3 fully saturated rings. The van der Waals surface area contributed by atoms with Gasteiger partial charge in [0.05, 0.1) is 0 Å². The van der Waals surface area contributed by atoms with E-state index in [0.29, 0.717) is 35.5 Å². The highest BCUT2D eigenvalue weighted by Crippen LogP contribution is 2.52. The SMILES string of the molecule is C=C1CCC(CCCN2CCCCC2)N(C)CC(C)CC(C)(C)C(CC2CC(C)CC(N(C)C)C2P)C(C)C(=C)C1(C)C.CC. The van der Waals surface area contributed by atoms with Gasteiger partial charge >= 0.3 is 0 Å². The largest absolute Gasteiger partial charge is 0.306 e. The van der Waals surface area contributed by atoms with E-state index in [1.165, 1.54) is 102 Å². The highest BCUT2D eigenvalue weighted by atomic mass is 31.0. The Morgan fingerprint density at radius 2 is 1.56 bits per heavy atom. The Bertz CT molecular complexity index is 887. The van der Waals surface area contributed by atoms with E-state index in [-0.39, 0.29) is 10.8 Å². The third-order valence-electron chi connectivity index (χ3n) is 12.7. The normalized spacial score (nSPS) is 36.0. The maximum atomic E-state index is 4.90. The topological polar surface area (TPSA) is 9.72 Å². The quantitative estimate of drug-likeness (QED) is 0.201. The molecule has 0 bridgehead atoms. The lowest BCUT2D eigenvalue weighted by Gasteiger charge is -2.49. The monoisotopic (exact) mass is 646 g/mol. The maximum absolute atomic E-state index is 4.90.